The lowest BCUT2D eigenvalue weighted by molar-refractivity contribution is 0.0961. The van der Waals surface area contributed by atoms with Crippen LogP contribution in [0.4, 0.5) is 0 Å². The van der Waals surface area contributed by atoms with Gasteiger partial charge in [0.25, 0.3) is 0 Å². The third kappa shape index (κ3) is 4.95. The summed E-state index contributed by atoms with van der Waals surface area (Å²) in [5.74, 6) is -0.691. The average molecular weight is 288 g/mol. The molecule has 1 amide bonds. The predicted octanol–water partition coefficient (Wildman–Crippen LogP) is -0.927. The summed E-state index contributed by atoms with van der Waals surface area (Å²) in [7, 11) is -3.70. The van der Waals surface area contributed by atoms with Crippen molar-refractivity contribution in [2.75, 3.05) is 26.4 Å². The Morgan fingerprint density at radius 1 is 1.37 bits per heavy atom. The van der Waals surface area contributed by atoms with E-state index in [2.05, 4.69) is 4.72 Å². The molecule has 0 radical (unpaired) electrons. The van der Waals surface area contributed by atoms with Crippen LogP contribution in [0.3, 0.4) is 0 Å². The molecule has 0 saturated heterocycles. The van der Waals surface area contributed by atoms with Gasteiger partial charge in [-0.05, 0) is 18.2 Å². The van der Waals surface area contributed by atoms with Crippen molar-refractivity contribution in [2.24, 2.45) is 5.73 Å². The van der Waals surface area contributed by atoms with Gasteiger partial charge >= 0.3 is 0 Å². The van der Waals surface area contributed by atoms with Crippen molar-refractivity contribution in [3.05, 3.63) is 29.8 Å². The van der Waals surface area contributed by atoms with E-state index in [4.69, 9.17) is 15.6 Å². The Kier molecular flexibility index (Phi) is 5.90. The van der Waals surface area contributed by atoms with Crippen LogP contribution in [-0.4, -0.2) is 45.8 Å². The molecule has 4 N–H and O–H groups in total. The van der Waals surface area contributed by atoms with Crippen molar-refractivity contribution < 1.29 is 23.1 Å². The van der Waals surface area contributed by atoms with Crippen molar-refractivity contribution >= 4 is 15.9 Å². The minimum atomic E-state index is -3.70. The normalized spacial score (nSPS) is 11.4. The van der Waals surface area contributed by atoms with Gasteiger partial charge in [-0.3, -0.25) is 4.79 Å². The van der Waals surface area contributed by atoms with E-state index in [-0.39, 0.29) is 36.8 Å². The largest absolute Gasteiger partial charge is 0.394 e. The predicted molar refractivity (Wildman–Crippen MR) is 68.1 cm³/mol. The summed E-state index contributed by atoms with van der Waals surface area (Å²) in [5.41, 5.74) is 5.21. The van der Waals surface area contributed by atoms with Crippen molar-refractivity contribution in [3.63, 3.8) is 0 Å². The molecule has 7 nitrogen and oxygen atoms in total. The Bertz CT molecular complexity index is 530. The van der Waals surface area contributed by atoms with Gasteiger partial charge in [-0.15, -0.1) is 0 Å². The van der Waals surface area contributed by atoms with E-state index in [1.54, 1.807) is 0 Å². The molecular weight excluding hydrogens is 272 g/mol. The molecule has 0 bridgehead atoms. The molecule has 0 spiro atoms. The molecule has 8 heteroatoms. The van der Waals surface area contributed by atoms with Gasteiger partial charge in [0, 0.05) is 12.1 Å². The van der Waals surface area contributed by atoms with Gasteiger partial charge in [0.15, 0.2) is 0 Å². The van der Waals surface area contributed by atoms with Crippen molar-refractivity contribution in [1.82, 2.24) is 4.72 Å². The van der Waals surface area contributed by atoms with Gasteiger partial charge in [0.05, 0.1) is 24.7 Å². The third-order valence-corrected chi connectivity index (χ3v) is 3.66. The minimum absolute atomic E-state index is 0.0361. The van der Waals surface area contributed by atoms with Crippen LogP contribution in [0.1, 0.15) is 10.4 Å². The molecule has 19 heavy (non-hydrogen) atoms. The summed E-state index contributed by atoms with van der Waals surface area (Å²) >= 11 is 0. The highest BCUT2D eigenvalue weighted by atomic mass is 32.2. The maximum atomic E-state index is 11.9. The lowest BCUT2D eigenvalue weighted by Gasteiger charge is -2.07. The molecule has 0 atom stereocenters. The monoisotopic (exact) mass is 288 g/mol. The number of nitrogens with two attached hydrogens (primary N) is 1. The van der Waals surface area contributed by atoms with E-state index in [1.165, 1.54) is 24.3 Å². The van der Waals surface area contributed by atoms with Crippen molar-refractivity contribution in [1.29, 1.82) is 0 Å². The number of sulfonamides is 1. The molecule has 106 valence electrons. The highest BCUT2D eigenvalue weighted by molar-refractivity contribution is 7.89. The highest BCUT2D eigenvalue weighted by Crippen LogP contribution is 2.10. The molecule has 0 saturated carbocycles. The van der Waals surface area contributed by atoms with Crippen LogP contribution in [0.5, 0.6) is 0 Å². The first-order valence-corrected chi connectivity index (χ1v) is 7.04. The number of amides is 1. The molecule has 1 aromatic rings. The molecular formula is C11H16N2O5S. The molecule has 0 heterocycles. The fraction of sp³-hybridized carbons (Fsp3) is 0.364. The van der Waals surface area contributed by atoms with E-state index in [0.29, 0.717) is 0 Å². The Morgan fingerprint density at radius 3 is 2.74 bits per heavy atom. The number of carbonyl (C=O) groups is 1. The fourth-order valence-corrected chi connectivity index (χ4v) is 2.37. The maximum Gasteiger partial charge on any atom is 0.248 e. The first-order chi connectivity index (χ1) is 8.97. The van der Waals surface area contributed by atoms with Gasteiger partial charge in [-0.1, -0.05) is 6.07 Å². The smallest absolute Gasteiger partial charge is 0.248 e. The third-order valence-electron chi connectivity index (χ3n) is 2.20. The molecule has 1 aromatic carbocycles. The van der Waals surface area contributed by atoms with Gasteiger partial charge in [-0.2, -0.15) is 0 Å². The van der Waals surface area contributed by atoms with E-state index in [9.17, 15) is 13.2 Å². The molecule has 0 fully saturated rings. The van der Waals surface area contributed by atoms with Crippen LogP contribution in [-0.2, 0) is 14.8 Å². The number of primary amides is 1. The Labute approximate surface area is 111 Å². The zero-order chi connectivity index (χ0) is 14.3. The summed E-state index contributed by atoms with van der Waals surface area (Å²) in [5, 5.41) is 8.48. The summed E-state index contributed by atoms with van der Waals surface area (Å²) in [6.07, 6.45) is 0. The van der Waals surface area contributed by atoms with Crippen LogP contribution >= 0.6 is 0 Å². The Morgan fingerprint density at radius 2 is 2.11 bits per heavy atom. The zero-order valence-corrected chi connectivity index (χ0v) is 11.0. The topological polar surface area (TPSA) is 119 Å². The second-order valence-corrected chi connectivity index (χ2v) is 5.39. The molecule has 0 aliphatic rings. The standard InChI is InChI=1S/C11H16N2O5S/c12-11(15)9-2-1-3-10(8-9)19(16,17)13-4-6-18-7-5-14/h1-3,8,13-14H,4-7H2,(H2,12,15). The van der Waals surface area contributed by atoms with Crippen LogP contribution in [0.15, 0.2) is 29.2 Å². The number of hydrogen-bond acceptors (Lipinski definition) is 5. The lowest BCUT2D eigenvalue weighted by atomic mass is 10.2. The first kappa shape index (κ1) is 15.6. The maximum absolute atomic E-state index is 11.9. The number of ether oxygens (including phenoxy) is 1. The zero-order valence-electron chi connectivity index (χ0n) is 10.2. The van der Waals surface area contributed by atoms with E-state index in [0.717, 1.165) is 0 Å². The number of nitrogens with one attached hydrogen (secondary N) is 1. The Hall–Kier alpha value is -1.48. The number of hydrogen-bond donors (Lipinski definition) is 3. The molecule has 1 rings (SSSR count). The second-order valence-electron chi connectivity index (χ2n) is 3.63. The van der Waals surface area contributed by atoms with Crippen LogP contribution in [0.25, 0.3) is 0 Å². The molecule has 0 aliphatic carbocycles. The van der Waals surface area contributed by atoms with E-state index >= 15 is 0 Å². The summed E-state index contributed by atoms with van der Waals surface area (Å²) in [6.45, 7) is 0.255. The number of aliphatic hydroxyl groups excluding tert-OH is 1. The highest BCUT2D eigenvalue weighted by Gasteiger charge is 2.14. The Balaban J connectivity index is 2.66. The minimum Gasteiger partial charge on any atom is -0.394 e. The van der Waals surface area contributed by atoms with E-state index in [1.807, 2.05) is 0 Å². The van der Waals surface area contributed by atoms with Crippen molar-refractivity contribution in [2.45, 2.75) is 4.90 Å². The summed E-state index contributed by atoms with van der Waals surface area (Å²) < 4.78 is 31.0. The number of rotatable bonds is 8. The average Bonchev–Trinajstić information content (AvgIpc) is 2.38. The summed E-state index contributed by atoms with van der Waals surface area (Å²) in [6, 6.07) is 5.45. The van der Waals surface area contributed by atoms with Crippen LogP contribution < -0.4 is 10.5 Å². The van der Waals surface area contributed by atoms with Crippen LogP contribution in [0.2, 0.25) is 0 Å². The number of carbonyl (C=O) groups excluding carboxylic acids is 1. The fourth-order valence-electron chi connectivity index (χ4n) is 1.31. The summed E-state index contributed by atoms with van der Waals surface area (Å²) in [4.78, 5) is 10.9. The van der Waals surface area contributed by atoms with Gasteiger partial charge < -0.3 is 15.6 Å². The SMILES string of the molecule is NC(=O)c1cccc(S(=O)(=O)NCCOCCO)c1. The number of aliphatic hydroxyl groups is 1. The van der Waals surface area contributed by atoms with Gasteiger partial charge in [-0.25, -0.2) is 13.1 Å². The molecule has 0 unspecified atom stereocenters. The van der Waals surface area contributed by atoms with Crippen molar-refractivity contribution in [3.8, 4) is 0 Å². The van der Waals surface area contributed by atoms with E-state index < -0.39 is 15.9 Å². The van der Waals surface area contributed by atoms with Gasteiger partial charge in [0.1, 0.15) is 0 Å². The second kappa shape index (κ2) is 7.19. The molecule has 0 aliphatic heterocycles. The lowest BCUT2D eigenvalue weighted by Crippen LogP contribution is -2.28. The van der Waals surface area contributed by atoms with Gasteiger partial charge in [0.2, 0.25) is 15.9 Å². The molecule has 0 aromatic heterocycles. The van der Waals surface area contributed by atoms with Crippen LogP contribution in [0, 0.1) is 0 Å². The quantitative estimate of drug-likeness (QED) is 0.534. The first-order valence-electron chi connectivity index (χ1n) is 5.55. The number of benzene rings is 1.